The van der Waals surface area contributed by atoms with Gasteiger partial charge in [0.2, 0.25) is 0 Å². The Morgan fingerprint density at radius 2 is 1.96 bits per heavy atom. The topological polar surface area (TPSA) is 39.7 Å². The first kappa shape index (κ1) is 23.1. The second-order valence-electron chi connectivity index (χ2n) is 6.55. The Morgan fingerprint density at radius 1 is 1.25 bits per heavy atom. The van der Waals surface area contributed by atoms with Crippen LogP contribution >= 0.6 is 24.0 Å². The number of nitrogens with zero attached hydrogens (tertiary/aromatic N) is 2. The summed E-state index contributed by atoms with van der Waals surface area (Å²) < 4.78 is 13.8. The SMILES string of the molecule is CN=C(NCCCC(C)C)NCc1ccc(F)c(CN(C)C)c1.I. The standard InChI is InChI=1S/C18H31FN4.HI/c1-14(2)7-6-10-21-18(20-3)22-12-15-8-9-17(19)16(11-15)13-23(4)5;/h8-9,11,14H,6-7,10,12-13H2,1-5H3,(H2,20,21,22);1H. The van der Waals surface area contributed by atoms with Crippen molar-refractivity contribution < 1.29 is 4.39 Å². The summed E-state index contributed by atoms with van der Waals surface area (Å²) in [6.07, 6.45) is 2.33. The number of benzene rings is 1. The van der Waals surface area contributed by atoms with Gasteiger partial charge in [0.1, 0.15) is 5.82 Å². The van der Waals surface area contributed by atoms with E-state index in [1.807, 2.05) is 31.1 Å². The summed E-state index contributed by atoms with van der Waals surface area (Å²) in [6.45, 7) is 6.60. The molecule has 24 heavy (non-hydrogen) atoms. The lowest BCUT2D eigenvalue weighted by Gasteiger charge is -2.14. The van der Waals surface area contributed by atoms with Gasteiger partial charge in [-0.1, -0.05) is 19.9 Å². The molecule has 1 rings (SSSR count). The highest BCUT2D eigenvalue weighted by molar-refractivity contribution is 14.0. The zero-order chi connectivity index (χ0) is 17.2. The summed E-state index contributed by atoms with van der Waals surface area (Å²) in [5.74, 6) is 1.35. The molecule has 0 spiro atoms. The van der Waals surface area contributed by atoms with Crippen LogP contribution in [0, 0.1) is 11.7 Å². The monoisotopic (exact) mass is 450 g/mol. The first-order chi connectivity index (χ1) is 10.9. The second-order valence-corrected chi connectivity index (χ2v) is 6.55. The van der Waals surface area contributed by atoms with Crippen LogP contribution in [0.3, 0.4) is 0 Å². The normalized spacial score (nSPS) is 11.6. The Kier molecular flexibility index (Phi) is 12.0. The van der Waals surface area contributed by atoms with E-state index in [9.17, 15) is 4.39 Å². The van der Waals surface area contributed by atoms with Crippen molar-refractivity contribution in [3.8, 4) is 0 Å². The number of rotatable bonds is 8. The molecule has 0 radical (unpaired) electrons. The average Bonchev–Trinajstić information content (AvgIpc) is 2.48. The predicted molar refractivity (Wildman–Crippen MR) is 111 cm³/mol. The summed E-state index contributed by atoms with van der Waals surface area (Å²) in [5, 5.41) is 6.59. The van der Waals surface area contributed by atoms with Crippen LogP contribution in [-0.4, -0.2) is 38.5 Å². The van der Waals surface area contributed by atoms with Crippen LogP contribution in [0.5, 0.6) is 0 Å². The molecule has 2 N–H and O–H groups in total. The molecular weight excluding hydrogens is 418 g/mol. The van der Waals surface area contributed by atoms with Crippen molar-refractivity contribution in [1.29, 1.82) is 0 Å². The van der Waals surface area contributed by atoms with Crippen molar-refractivity contribution in [2.24, 2.45) is 10.9 Å². The van der Waals surface area contributed by atoms with Crippen LogP contribution < -0.4 is 10.6 Å². The molecule has 0 aliphatic heterocycles. The maximum atomic E-state index is 13.8. The van der Waals surface area contributed by atoms with Crippen LogP contribution in [0.1, 0.15) is 37.8 Å². The fourth-order valence-corrected chi connectivity index (χ4v) is 2.32. The maximum Gasteiger partial charge on any atom is 0.191 e. The molecule has 1 aromatic rings. The quantitative estimate of drug-likeness (QED) is 0.275. The van der Waals surface area contributed by atoms with Crippen LogP contribution in [0.25, 0.3) is 0 Å². The molecule has 138 valence electrons. The molecule has 0 aliphatic carbocycles. The van der Waals surface area contributed by atoms with E-state index in [0.29, 0.717) is 18.7 Å². The van der Waals surface area contributed by atoms with Crippen molar-refractivity contribution in [2.75, 3.05) is 27.7 Å². The lowest BCUT2D eigenvalue weighted by atomic mass is 10.1. The average molecular weight is 450 g/mol. The van der Waals surface area contributed by atoms with Crippen molar-refractivity contribution in [3.63, 3.8) is 0 Å². The van der Waals surface area contributed by atoms with Crippen molar-refractivity contribution >= 4 is 29.9 Å². The fraction of sp³-hybridized carbons (Fsp3) is 0.611. The Morgan fingerprint density at radius 3 is 2.54 bits per heavy atom. The molecule has 0 aliphatic rings. The Hall–Kier alpha value is -0.890. The summed E-state index contributed by atoms with van der Waals surface area (Å²) in [6, 6.07) is 5.26. The zero-order valence-electron chi connectivity index (χ0n) is 15.5. The third kappa shape index (κ3) is 9.42. The summed E-state index contributed by atoms with van der Waals surface area (Å²) >= 11 is 0. The van der Waals surface area contributed by atoms with Crippen LogP contribution in [0.4, 0.5) is 4.39 Å². The van der Waals surface area contributed by atoms with Crippen molar-refractivity contribution in [2.45, 2.75) is 39.8 Å². The molecule has 4 nitrogen and oxygen atoms in total. The van der Waals surface area contributed by atoms with E-state index < -0.39 is 0 Å². The number of hydrogen-bond donors (Lipinski definition) is 2. The van der Waals surface area contributed by atoms with Gasteiger partial charge in [0.25, 0.3) is 0 Å². The summed E-state index contributed by atoms with van der Waals surface area (Å²) in [4.78, 5) is 6.18. The van der Waals surface area contributed by atoms with Gasteiger partial charge in [0.05, 0.1) is 0 Å². The van der Waals surface area contributed by atoms with E-state index in [1.54, 1.807) is 7.05 Å². The molecular formula is C18H32FIN4. The predicted octanol–water partition coefficient (Wildman–Crippen LogP) is 3.61. The van der Waals surface area contributed by atoms with Crippen LogP contribution in [0.15, 0.2) is 23.2 Å². The lowest BCUT2D eigenvalue weighted by molar-refractivity contribution is 0.392. The van der Waals surface area contributed by atoms with E-state index in [1.165, 1.54) is 12.5 Å². The second kappa shape index (κ2) is 12.5. The van der Waals surface area contributed by atoms with Gasteiger partial charge in [-0.25, -0.2) is 4.39 Å². The first-order valence-corrected chi connectivity index (χ1v) is 8.29. The molecule has 0 fully saturated rings. The number of aliphatic imine (C=N–C) groups is 1. The minimum atomic E-state index is -0.154. The highest BCUT2D eigenvalue weighted by atomic mass is 127. The van der Waals surface area contributed by atoms with Gasteiger partial charge in [0.15, 0.2) is 5.96 Å². The molecule has 0 bridgehead atoms. The smallest absolute Gasteiger partial charge is 0.191 e. The van der Waals surface area contributed by atoms with E-state index in [0.717, 1.165) is 30.4 Å². The van der Waals surface area contributed by atoms with Gasteiger partial charge in [-0.3, -0.25) is 4.99 Å². The first-order valence-electron chi connectivity index (χ1n) is 8.29. The Bertz CT molecular complexity index is 504. The zero-order valence-corrected chi connectivity index (χ0v) is 17.9. The highest BCUT2D eigenvalue weighted by Gasteiger charge is 2.06. The maximum absolute atomic E-state index is 13.8. The Balaban J connectivity index is 0.00000529. The van der Waals surface area contributed by atoms with E-state index in [4.69, 9.17) is 0 Å². The Labute approximate surface area is 163 Å². The summed E-state index contributed by atoms with van der Waals surface area (Å²) in [5.41, 5.74) is 1.77. The minimum Gasteiger partial charge on any atom is -0.356 e. The lowest BCUT2D eigenvalue weighted by Crippen LogP contribution is -2.37. The molecule has 1 aromatic carbocycles. The van der Waals surface area contributed by atoms with Crippen molar-refractivity contribution in [1.82, 2.24) is 15.5 Å². The van der Waals surface area contributed by atoms with Crippen LogP contribution in [0.2, 0.25) is 0 Å². The van der Waals surface area contributed by atoms with Gasteiger partial charge in [-0.15, -0.1) is 24.0 Å². The molecule has 0 atom stereocenters. The van der Waals surface area contributed by atoms with Gasteiger partial charge < -0.3 is 15.5 Å². The van der Waals surface area contributed by atoms with Gasteiger partial charge in [-0.2, -0.15) is 0 Å². The van der Waals surface area contributed by atoms with Crippen molar-refractivity contribution in [3.05, 3.63) is 35.1 Å². The van der Waals surface area contributed by atoms with Gasteiger partial charge >= 0.3 is 0 Å². The highest BCUT2D eigenvalue weighted by Crippen LogP contribution is 2.12. The third-order valence-corrected chi connectivity index (χ3v) is 3.53. The number of nitrogens with one attached hydrogen (secondary N) is 2. The minimum absolute atomic E-state index is 0. The largest absolute Gasteiger partial charge is 0.356 e. The fourth-order valence-electron chi connectivity index (χ4n) is 2.32. The molecule has 0 saturated carbocycles. The molecule has 0 unspecified atom stereocenters. The molecule has 0 heterocycles. The number of guanidine groups is 1. The van der Waals surface area contributed by atoms with Gasteiger partial charge in [-0.05, 0) is 50.6 Å². The molecule has 0 aromatic heterocycles. The molecule has 0 amide bonds. The number of halogens is 2. The van der Waals surface area contributed by atoms with Crippen LogP contribution in [-0.2, 0) is 13.1 Å². The van der Waals surface area contributed by atoms with E-state index >= 15 is 0 Å². The van der Waals surface area contributed by atoms with Gasteiger partial charge in [0, 0.05) is 32.2 Å². The van der Waals surface area contributed by atoms with E-state index in [-0.39, 0.29) is 29.8 Å². The molecule has 0 saturated heterocycles. The summed E-state index contributed by atoms with van der Waals surface area (Å²) in [7, 11) is 5.64. The number of hydrogen-bond acceptors (Lipinski definition) is 2. The van der Waals surface area contributed by atoms with E-state index in [2.05, 4.69) is 29.5 Å². The third-order valence-electron chi connectivity index (χ3n) is 3.53. The molecule has 6 heteroatoms.